The number of aryl methyl sites for hydroxylation is 2. The number of ether oxygens (including phenoxy) is 2. The van der Waals surface area contributed by atoms with E-state index in [-0.39, 0.29) is 5.91 Å². The van der Waals surface area contributed by atoms with Crippen LogP contribution in [0, 0.1) is 13.8 Å². The Bertz CT molecular complexity index is 983. The molecule has 3 aromatic rings. The van der Waals surface area contributed by atoms with E-state index in [1.165, 1.54) is 12.4 Å². The molecule has 2 aromatic carbocycles. The monoisotopic (exact) mass is 392 g/mol. The van der Waals surface area contributed by atoms with Crippen molar-refractivity contribution in [3.63, 3.8) is 0 Å². The first kappa shape index (κ1) is 20.1. The minimum absolute atomic E-state index is 0.242. The fraction of sp³-hybridized carbons (Fsp3) is 0.227. The summed E-state index contributed by atoms with van der Waals surface area (Å²) >= 11 is 0. The first-order chi connectivity index (χ1) is 14.0. The second-order valence-electron chi connectivity index (χ2n) is 6.56. The van der Waals surface area contributed by atoms with E-state index >= 15 is 0 Å². The van der Waals surface area contributed by atoms with Gasteiger partial charge in [0, 0.05) is 24.6 Å². The van der Waals surface area contributed by atoms with Crippen LogP contribution >= 0.6 is 0 Å². The predicted octanol–water partition coefficient (Wildman–Crippen LogP) is 3.98. The lowest BCUT2D eigenvalue weighted by atomic mass is 10.1. The third kappa shape index (κ3) is 4.82. The molecule has 1 aromatic heterocycles. The third-order valence-corrected chi connectivity index (χ3v) is 4.53. The standard InChI is InChI=1S/C22H24N4O3/c1-14-6-5-7-15(2)20(14)26-21(27)17-12-24-22(25-13-17)23-11-16-8-9-18(28-3)19(10-16)29-4/h5-10,12-13H,11H2,1-4H3,(H,26,27)(H,23,24,25). The summed E-state index contributed by atoms with van der Waals surface area (Å²) in [7, 11) is 3.20. The number of anilines is 2. The molecule has 7 heteroatoms. The summed E-state index contributed by atoms with van der Waals surface area (Å²) in [6, 6.07) is 11.5. The van der Waals surface area contributed by atoms with Gasteiger partial charge in [-0.1, -0.05) is 24.3 Å². The van der Waals surface area contributed by atoms with E-state index in [1.54, 1.807) is 14.2 Å². The topological polar surface area (TPSA) is 85.4 Å². The van der Waals surface area contributed by atoms with Crippen molar-refractivity contribution in [3.05, 3.63) is 71.0 Å². The largest absolute Gasteiger partial charge is 0.493 e. The zero-order valence-electron chi connectivity index (χ0n) is 16.9. The van der Waals surface area contributed by atoms with Crippen LogP contribution in [0.5, 0.6) is 11.5 Å². The van der Waals surface area contributed by atoms with Gasteiger partial charge in [-0.15, -0.1) is 0 Å². The van der Waals surface area contributed by atoms with Gasteiger partial charge in [0.15, 0.2) is 11.5 Å². The number of carbonyl (C=O) groups is 1. The Balaban J connectivity index is 1.63. The van der Waals surface area contributed by atoms with E-state index < -0.39 is 0 Å². The van der Waals surface area contributed by atoms with Gasteiger partial charge in [0.2, 0.25) is 5.95 Å². The summed E-state index contributed by atoms with van der Waals surface area (Å²) in [6.07, 6.45) is 3.01. The van der Waals surface area contributed by atoms with Crippen molar-refractivity contribution in [3.8, 4) is 11.5 Å². The van der Waals surface area contributed by atoms with Crippen LogP contribution in [0.4, 0.5) is 11.6 Å². The van der Waals surface area contributed by atoms with Crippen LogP contribution < -0.4 is 20.1 Å². The summed E-state index contributed by atoms with van der Waals surface area (Å²) in [5, 5.41) is 6.06. The van der Waals surface area contributed by atoms with Crippen LogP contribution in [0.15, 0.2) is 48.8 Å². The van der Waals surface area contributed by atoms with Gasteiger partial charge < -0.3 is 20.1 Å². The molecule has 0 radical (unpaired) electrons. The van der Waals surface area contributed by atoms with E-state index in [1.807, 2.05) is 50.2 Å². The summed E-state index contributed by atoms with van der Waals surface area (Å²) in [5.74, 6) is 1.52. The van der Waals surface area contributed by atoms with Crippen LogP contribution in [0.2, 0.25) is 0 Å². The maximum Gasteiger partial charge on any atom is 0.258 e. The molecule has 0 aliphatic carbocycles. The van der Waals surface area contributed by atoms with Crippen LogP contribution in [0.1, 0.15) is 27.0 Å². The molecule has 0 saturated carbocycles. The number of amides is 1. The second-order valence-corrected chi connectivity index (χ2v) is 6.56. The minimum atomic E-state index is -0.242. The van der Waals surface area contributed by atoms with Gasteiger partial charge in [-0.05, 0) is 42.7 Å². The molecule has 0 saturated heterocycles. The first-order valence-electron chi connectivity index (χ1n) is 9.16. The van der Waals surface area contributed by atoms with Crippen LogP contribution in [-0.2, 0) is 6.54 Å². The van der Waals surface area contributed by atoms with Gasteiger partial charge >= 0.3 is 0 Å². The van der Waals surface area contributed by atoms with Crippen molar-refractivity contribution >= 4 is 17.5 Å². The quantitative estimate of drug-likeness (QED) is 0.633. The number of hydrogen-bond acceptors (Lipinski definition) is 6. The maximum absolute atomic E-state index is 12.5. The summed E-state index contributed by atoms with van der Waals surface area (Å²) in [5.41, 5.74) is 4.21. The molecule has 0 aliphatic rings. The van der Waals surface area contributed by atoms with Gasteiger partial charge in [-0.3, -0.25) is 4.79 Å². The average Bonchev–Trinajstić information content (AvgIpc) is 2.75. The average molecular weight is 392 g/mol. The highest BCUT2D eigenvalue weighted by molar-refractivity contribution is 6.04. The molecule has 0 bridgehead atoms. The molecule has 0 aliphatic heterocycles. The number of rotatable bonds is 7. The highest BCUT2D eigenvalue weighted by Crippen LogP contribution is 2.27. The Hall–Kier alpha value is -3.61. The van der Waals surface area contributed by atoms with Gasteiger partial charge in [0.25, 0.3) is 5.91 Å². The number of benzene rings is 2. The van der Waals surface area contributed by atoms with E-state index in [4.69, 9.17) is 9.47 Å². The number of aromatic nitrogens is 2. The lowest BCUT2D eigenvalue weighted by Gasteiger charge is -2.12. The Kier molecular flexibility index (Phi) is 6.29. The van der Waals surface area contributed by atoms with Crippen molar-refractivity contribution in [2.75, 3.05) is 24.9 Å². The Labute approximate surface area is 170 Å². The van der Waals surface area contributed by atoms with Crippen molar-refractivity contribution in [1.82, 2.24) is 9.97 Å². The van der Waals surface area contributed by atoms with Gasteiger partial charge in [-0.2, -0.15) is 0 Å². The minimum Gasteiger partial charge on any atom is -0.493 e. The number of para-hydroxylation sites is 1. The molecule has 0 atom stereocenters. The highest BCUT2D eigenvalue weighted by Gasteiger charge is 2.11. The molecule has 0 fully saturated rings. The molecule has 150 valence electrons. The van der Waals surface area contributed by atoms with E-state index in [9.17, 15) is 4.79 Å². The maximum atomic E-state index is 12.5. The molecular formula is C22H24N4O3. The second kappa shape index (κ2) is 9.05. The molecule has 1 heterocycles. The van der Waals surface area contributed by atoms with E-state index in [0.29, 0.717) is 29.6 Å². The van der Waals surface area contributed by atoms with Gasteiger partial charge in [0.1, 0.15) is 0 Å². The molecule has 7 nitrogen and oxygen atoms in total. The van der Waals surface area contributed by atoms with Gasteiger partial charge in [0.05, 0.1) is 19.8 Å². The van der Waals surface area contributed by atoms with Gasteiger partial charge in [-0.25, -0.2) is 9.97 Å². The van der Waals surface area contributed by atoms with Crippen molar-refractivity contribution in [1.29, 1.82) is 0 Å². The SMILES string of the molecule is COc1ccc(CNc2ncc(C(=O)Nc3c(C)cccc3C)cn2)cc1OC. The molecule has 3 rings (SSSR count). The van der Waals surface area contributed by atoms with Crippen molar-refractivity contribution < 1.29 is 14.3 Å². The number of methoxy groups -OCH3 is 2. The Morgan fingerprint density at radius 1 is 0.966 bits per heavy atom. The fourth-order valence-corrected chi connectivity index (χ4v) is 2.91. The van der Waals surface area contributed by atoms with Crippen LogP contribution in [0.3, 0.4) is 0 Å². The first-order valence-corrected chi connectivity index (χ1v) is 9.16. The van der Waals surface area contributed by atoms with Crippen LogP contribution in [-0.4, -0.2) is 30.1 Å². The Morgan fingerprint density at radius 3 is 2.24 bits per heavy atom. The fourth-order valence-electron chi connectivity index (χ4n) is 2.91. The molecule has 2 N–H and O–H groups in total. The molecule has 0 unspecified atom stereocenters. The lowest BCUT2D eigenvalue weighted by Crippen LogP contribution is -2.15. The molecule has 1 amide bonds. The zero-order valence-corrected chi connectivity index (χ0v) is 16.9. The third-order valence-electron chi connectivity index (χ3n) is 4.53. The molecule has 29 heavy (non-hydrogen) atoms. The summed E-state index contributed by atoms with van der Waals surface area (Å²) in [6.45, 7) is 4.43. The predicted molar refractivity (Wildman–Crippen MR) is 113 cm³/mol. The summed E-state index contributed by atoms with van der Waals surface area (Å²) < 4.78 is 10.5. The van der Waals surface area contributed by atoms with Crippen molar-refractivity contribution in [2.24, 2.45) is 0 Å². The zero-order chi connectivity index (χ0) is 20.8. The number of hydrogen-bond donors (Lipinski definition) is 2. The van der Waals surface area contributed by atoms with Crippen molar-refractivity contribution in [2.45, 2.75) is 20.4 Å². The van der Waals surface area contributed by atoms with E-state index in [0.717, 1.165) is 22.4 Å². The normalized spacial score (nSPS) is 10.3. The Morgan fingerprint density at radius 2 is 1.62 bits per heavy atom. The number of nitrogens with one attached hydrogen (secondary N) is 2. The van der Waals surface area contributed by atoms with Crippen LogP contribution in [0.25, 0.3) is 0 Å². The number of carbonyl (C=O) groups excluding carboxylic acids is 1. The smallest absolute Gasteiger partial charge is 0.258 e. The number of nitrogens with zero attached hydrogens (tertiary/aromatic N) is 2. The van der Waals surface area contributed by atoms with E-state index in [2.05, 4.69) is 20.6 Å². The highest BCUT2D eigenvalue weighted by atomic mass is 16.5. The lowest BCUT2D eigenvalue weighted by molar-refractivity contribution is 0.102. The summed E-state index contributed by atoms with van der Waals surface area (Å²) in [4.78, 5) is 21.0. The molecular weight excluding hydrogens is 368 g/mol. The molecule has 0 spiro atoms.